The zero-order chi connectivity index (χ0) is 26.3. The molecule has 1 aromatic heterocycles. The Kier molecular flexibility index (Phi) is 6.93. The molecule has 1 atom stereocenters. The fourth-order valence-corrected chi connectivity index (χ4v) is 6.54. The number of ether oxygens (including phenoxy) is 1. The number of amides is 1. The highest BCUT2D eigenvalue weighted by atomic mass is 32.2. The number of carbonyl (C=O) groups excluding carboxylic acids is 1. The maximum absolute atomic E-state index is 13.5. The molecule has 1 aromatic carbocycles. The van der Waals surface area contributed by atoms with Gasteiger partial charge in [0.05, 0.1) is 23.1 Å². The van der Waals surface area contributed by atoms with E-state index in [0.717, 1.165) is 44.8 Å². The number of hydrogen-bond donors (Lipinski definition) is 3. The lowest BCUT2D eigenvalue weighted by atomic mass is 9.93. The molecule has 9 nitrogen and oxygen atoms in total. The van der Waals surface area contributed by atoms with Gasteiger partial charge >= 0.3 is 0 Å². The lowest BCUT2D eigenvalue weighted by Gasteiger charge is -2.34. The van der Waals surface area contributed by atoms with Gasteiger partial charge in [0.15, 0.2) is 0 Å². The molecule has 3 aliphatic rings. The van der Waals surface area contributed by atoms with Crippen LogP contribution in [-0.4, -0.2) is 57.2 Å². The van der Waals surface area contributed by atoms with Crippen LogP contribution in [0.2, 0.25) is 0 Å². The van der Waals surface area contributed by atoms with Crippen LogP contribution < -0.4 is 20.3 Å². The van der Waals surface area contributed by atoms with Gasteiger partial charge in [0.25, 0.3) is 5.91 Å². The van der Waals surface area contributed by atoms with E-state index >= 15 is 0 Å². The van der Waals surface area contributed by atoms with Gasteiger partial charge in [-0.25, -0.2) is 18.1 Å². The Balaban J connectivity index is 1.38. The van der Waals surface area contributed by atoms with Crippen LogP contribution in [0.25, 0.3) is 0 Å². The number of benzene rings is 1. The highest BCUT2D eigenvalue weighted by Gasteiger charge is 2.45. The maximum atomic E-state index is 13.5. The molecule has 1 amide bonds. The Bertz CT molecular complexity index is 1250. The van der Waals surface area contributed by atoms with Crippen molar-refractivity contribution >= 4 is 33.3 Å². The number of aromatic nitrogens is 1. The standard InChI is InChI=1S/C27H37N5O4S/c1-26(2,3)31-37(34,35)21-6-4-5-19(17-21)29-25(33)22-7-8-23(28-20-9-16-36-18-20)30-24(22)32-14-12-27(10-11-27)13-15-32/h4-8,17,20,31H,9-16,18H2,1-3H3,(H,28,30)(H,29,33)/t20-/m1/s1. The minimum atomic E-state index is -3.73. The molecule has 200 valence electrons. The average molecular weight is 528 g/mol. The highest BCUT2D eigenvalue weighted by molar-refractivity contribution is 7.89. The van der Waals surface area contributed by atoms with Crippen molar-refractivity contribution < 1.29 is 17.9 Å². The number of hydrogen-bond acceptors (Lipinski definition) is 7. The number of carbonyl (C=O) groups is 1. The van der Waals surface area contributed by atoms with Crippen LogP contribution in [0, 0.1) is 5.41 Å². The molecule has 3 heterocycles. The third kappa shape index (κ3) is 6.25. The molecule has 3 fully saturated rings. The van der Waals surface area contributed by atoms with Crippen LogP contribution in [-0.2, 0) is 14.8 Å². The predicted molar refractivity (Wildman–Crippen MR) is 145 cm³/mol. The van der Waals surface area contributed by atoms with Gasteiger partial charge in [-0.15, -0.1) is 0 Å². The first-order valence-electron chi connectivity index (χ1n) is 13.1. The summed E-state index contributed by atoms with van der Waals surface area (Å²) in [4.78, 5) is 20.7. The molecule has 1 aliphatic carbocycles. The minimum Gasteiger partial charge on any atom is -0.379 e. The van der Waals surface area contributed by atoms with E-state index < -0.39 is 15.6 Å². The molecule has 5 rings (SSSR count). The maximum Gasteiger partial charge on any atom is 0.259 e. The third-order valence-corrected chi connectivity index (χ3v) is 9.08. The molecular formula is C27H37N5O4S. The third-order valence-electron chi connectivity index (χ3n) is 7.32. The first-order valence-corrected chi connectivity index (χ1v) is 14.6. The summed E-state index contributed by atoms with van der Waals surface area (Å²) in [5.41, 5.74) is 0.768. The second-order valence-corrected chi connectivity index (χ2v) is 13.3. The molecule has 3 N–H and O–H groups in total. The molecule has 10 heteroatoms. The van der Waals surface area contributed by atoms with Crippen molar-refractivity contribution in [2.24, 2.45) is 5.41 Å². The van der Waals surface area contributed by atoms with Crippen LogP contribution in [0.3, 0.4) is 0 Å². The Morgan fingerprint density at radius 2 is 1.86 bits per heavy atom. The zero-order valence-corrected chi connectivity index (χ0v) is 22.7. The summed E-state index contributed by atoms with van der Waals surface area (Å²) in [5.74, 6) is 1.08. The number of piperidine rings is 1. The molecule has 2 aliphatic heterocycles. The summed E-state index contributed by atoms with van der Waals surface area (Å²) in [6, 6.07) is 10.2. The fraction of sp³-hybridized carbons (Fsp3) is 0.556. The molecule has 1 spiro atoms. The quantitative estimate of drug-likeness (QED) is 0.499. The molecule has 2 aromatic rings. The first kappa shape index (κ1) is 25.9. The molecule has 0 unspecified atom stereocenters. The lowest BCUT2D eigenvalue weighted by Crippen LogP contribution is -2.40. The van der Waals surface area contributed by atoms with Crippen LogP contribution in [0.1, 0.15) is 63.2 Å². The van der Waals surface area contributed by atoms with Gasteiger partial charge in [-0.2, -0.15) is 0 Å². The second kappa shape index (κ2) is 9.89. The first-order chi connectivity index (χ1) is 17.5. The number of rotatable bonds is 7. The Morgan fingerprint density at radius 1 is 1.11 bits per heavy atom. The van der Waals surface area contributed by atoms with E-state index in [9.17, 15) is 13.2 Å². The highest BCUT2D eigenvalue weighted by Crippen LogP contribution is 2.54. The van der Waals surface area contributed by atoms with Gasteiger partial charge in [0, 0.05) is 30.9 Å². The van der Waals surface area contributed by atoms with Crippen LogP contribution in [0.15, 0.2) is 41.3 Å². The molecular weight excluding hydrogens is 490 g/mol. The van der Waals surface area contributed by atoms with Crippen molar-refractivity contribution in [3.05, 3.63) is 42.0 Å². The second-order valence-electron chi connectivity index (χ2n) is 11.6. The average Bonchev–Trinajstić information content (AvgIpc) is 3.38. The van der Waals surface area contributed by atoms with Crippen molar-refractivity contribution in [2.45, 2.75) is 69.4 Å². The lowest BCUT2D eigenvalue weighted by molar-refractivity contribution is 0.102. The number of nitrogens with zero attached hydrogens (tertiary/aromatic N) is 2. The smallest absolute Gasteiger partial charge is 0.259 e. The van der Waals surface area contributed by atoms with Gasteiger partial charge in [0.2, 0.25) is 10.0 Å². The molecule has 37 heavy (non-hydrogen) atoms. The normalized spacial score (nSPS) is 21.2. The number of nitrogens with one attached hydrogen (secondary N) is 3. The van der Waals surface area contributed by atoms with E-state index in [0.29, 0.717) is 29.1 Å². The van der Waals surface area contributed by atoms with E-state index in [2.05, 4.69) is 20.3 Å². The molecule has 2 saturated heterocycles. The van der Waals surface area contributed by atoms with Gasteiger partial charge in [-0.1, -0.05) is 6.07 Å². The van der Waals surface area contributed by atoms with Crippen molar-refractivity contribution in [2.75, 3.05) is 41.8 Å². The summed E-state index contributed by atoms with van der Waals surface area (Å²) in [6.45, 7) is 8.48. The van der Waals surface area contributed by atoms with E-state index in [1.54, 1.807) is 39.0 Å². The monoisotopic (exact) mass is 527 g/mol. The Morgan fingerprint density at radius 3 is 2.51 bits per heavy atom. The van der Waals surface area contributed by atoms with E-state index in [1.165, 1.54) is 25.0 Å². The minimum absolute atomic E-state index is 0.0997. The largest absolute Gasteiger partial charge is 0.379 e. The van der Waals surface area contributed by atoms with E-state index in [1.807, 2.05) is 6.07 Å². The van der Waals surface area contributed by atoms with Gasteiger partial charge < -0.3 is 20.3 Å². The van der Waals surface area contributed by atoms with Crippen molar-refractivity contribution in [1.82, 2.24) is 9.71 Å². The summed E-state index contributed by atoms with van der Waals surface area (Å²) >= 11 is 0. The van der Waals surface area contributed by atoms with Gasteiger partial charge in [-0.05, 0) is 88.6 Å². The van der Waals surface area contributed by atoms with Crippen LogP contribution >= 0.6 is 0 Å². The van der Waals surface area contributed by atoms with Crippen molar-refractivity contribution in [1.29, 1.82) is 0 Å². The summed E-state index contributed by atoms with van der Waals surface area (Å²) in [5, 5.41) is 6.34. The van der Waals surface area contributed by atoms with E-state index in [-0.39, 0.29) is 16.8 Å². The number of sulfonamides is 1. The topological polar surface area (TPSA) is 113 Å². The van der Waals surface area contributed by atoms with Gasteiger partial charge in [0.1, 0.15) is 11.6 Å². The number of pyridine rings is 1. The molecule has 1 saturated carbocycles. The zero-order valence-electron chi connectivity index (χ0n) is 21.8. The van der Waals surface area contributed by atoms with Crippen molar-refractivity contribution in [3.8, 4) is 0 Å². The predicted octanol–water partition coefficient (Wildman–Crippen LogP) is 3.99. The SMILES string of the molecule is CC(C)(C)NS(=O)(=O)c1cccc(NC(=O)c2ccc(N[C@@H]3CCOC3)nc2N2CCC3(CC2)CC3)c1. The molecule has 0 radical (unpaired) electrons. The summed E-state index contributed by atoms with van der Waals surface area (Å²) in [7, 11) is -3.73. The van der Waals surface area contributed by atoms with Crippen LogP contribution in [0.4, 0.5) is 17.3 Å². The van der Waals surface area contributed by atoms with Gasteiger partial charge in [-0.3, -0.25) is 4.79 Å². The molecule has 0 bridgehead atoms. The Hall–Kier alpha value is -2.69. The number of anilines is 3. The summed E-state index contributed by atoms with van der Waals surface area (Å²) in [6.07, 6.45) is 5.76. The summed E-state index contributed by atoms with van der Waals surface area (Å²) < 4.78 is 33.7. The Labute approximate surface area is 219 Å². The van der Waals surface area contributed by atoms with Crippen LogP contribution in [0.5, 0.6) is 0 Å². The van der Waals surface area contributed by atoms with Crippen molar-refractivity contribution in [3.63, 3.8) is 0 Å². The fourth-order valence-electron chi connectivity index (χ4n) is 5.08. The van der Waals surface area contributed by atoms with E-state index in [4.69, 9.17) is 9.72 Å².